The number of fused-ring (bicyclic) bond motifs is 4. The fourth-order valence-electron chi connectivity index (χ4n) is 8.85. The van der Waals surface area contributed by atoms with Crippen LogP contribution in [-0.4, -0.2) is 18.0 Å². The Hall–Kier alpha value is -4.24. The van der Waals surface area contributed by atoms with Crippen LogP contribution >= 0.6 is 11.3 Å². The van der Waals surface area contributed by atoms with E-state index < -0.39 is 8.07 Å². The smallest absolute Gasteiger partial charge is 0.0798 e. The van der Waals surface area contributed by atoms with Crippen LogP contribution in [0.1, 0.15) is 78.8 Å². The summed E-state index contributed by atoms with van der Waals surface area (Å²) in [5, 5.41) is 13.1. The van der Waals surface area contributed by atoms with Gasteiger partial charge in [0, 0.05) is 43.3 Å². The van der Waals surface area contributed by atoms with Gasteiger partial charge >= 0.3 is 0 Å². The van der Waals surface area contributed by atoms with Crippen LogP contribution in [-0.2, 0) is 45.8 Å². The van der Waals surface area contributed by atoms with Gasteiger partial charge in [0.05, 0.1) is 8.07 Å². The minimum absolute atomic E-state index is 0. The second kappa shape index (κ2) is 17.7. The van der Waals surface area contributed by atoms with Crippen LogP contribution in [0.2, 0.25) is 19.6 Å². The maximum absolute atomic E-state index is 8.95. The Balaban J connectivity index is 0.000000179. The molecule has 1 fully saturated rings. The van der Waals surface area contributed by atoms with E-state index >= 15 is 0 Å². The molecule has 6 heteroatoms. The summed E-state index contributed by atoms with van der Waals surface area (Å²) in [6, 6.07) is 37.2. The predicted molar refractivity (Wildman–Crippen MR) is 239 cm³/mol. The molecule has 291 valence electrons. The zero-order chi connectivity index (χ0) is 38.8. The molecule has 3 nitrogen and oxygen atoms in total. The maximum Gasteiger partial charge on any atom is 0.0798 e. The standard InChI is InChI=1S/C30H26NS.C21H25N2Si.Ir/c1-3-20-16-28(31-18-19(20)2)23-12-14-29-27(15-23)26-13-11-22(17-30(26)32-29)25-10-6-8-21-7-4-5-9-24(21)25;1-24(2,3)21-15-23-20(18-10-8-17(14-22)9-11-18)13-19(21)12-16-6-4-5-7-16;/h6,8,10-11,13-18H,3-5,7,9H2,1-2H3;8-10,13,15-16H,4-7,12H2,1-3H3;/q2*-1;. The number of hydrogen-bond donors (Lipinski definition) is 0. The van der Waals surface area contributed by atoms with Crippen LogP contribution in [0.4, 0.5) is 0 Å². The summed E-state index contributed by atoms with van der Waals surface area (Å²) in [7, 11) is -1.40. The number of nitriles is 1. The first-order valence-corrected chi connectivity index (χ1v) is 24.9. The van der Waals surface area contributed by atoms with Crippen molar-refractivity contribution in [2.24, 2.45) is 5.92 Å². The van der Waals surface area contributed by atoms with Crippen LogP contribution in [0.25, 0.3) is 53.8 Å². The number of hydrogen-bond acceptors (Lipinski definition) is 4. The number of aromatic nitrogens is 2. The molecule has 4 aromatic carbocycles. The van der Waals surface area contributed by atoms with E-state index in [4.69, 9.17) is 15.2 Å². The number of rotatable bonds is 7. The molecule has 7 aromatic rings. The summed E-state index contributed by atoms with van der Waals surface area (Å²) in [4.78, 5) is 9.42. The summed E-state index contributed by atoms with van der Waals surface area (Å²) < 4.78 is 2.64. The Morgan fingerprint density at radius 1 is 0.789 bits per heavy atom. The van der Waals surface area contributed by atoms with E-state index in [1.54, 1.807) is 17.2 Å². The molecule has 0 amide bonds. The summed E-state index contributed by atoms with van der Waals surface area (Å²) in [5.41, 5.74) is 14.7. The molecule has 1 saturated carbocycles. The van der Waals surface area contributed by atoms with Crippen molar-refractivity contribution >= 4 is 44.8 Å². The molecule has 2 aliphatic carbocycles. The molecule has 0 aliphatic heterocycles. The van der Waals surface area contributed by atoms with Gasteiger partial charge in [-0.15, -0.1) is 53.6 Å². The van der Waals surface area contributed by atoms with Crippen LogP contribution in [0.5, 0.6) is 0 Å². The predicted octanol–water partition coefficient (Wildman–Crippen LogP) is 13.0. The van der Waals surface area contributed by atoms with Gasteiger partial charge < -0.3 is 9.97 Å². The van der Waals surface area contributed by atoms with Gasteiger partial charge in [-0.2, -0.15) is 11.3 Å². The molecule has 0 N–H and O–H groups in total. The van der Waals surface area contributed by atoms with Crippen LogP contribution in [0, 0.1) is 36.3 Å². The molecule has 3 heterocycles. The Morgan fingerprint density at radius 2 is 1.54 bits per heavy atom. The summed E-state index contributed by atoms with van der Waals surface area (Å²) in [6.45, 7) is 11.5. The van der Waals surface area contributed by atoms with Crippen molar-refractivity contribution < 1.29 is 20.1 Å². The van der Waals surface area contributed by atoms with Gasteiger partial charge in [0.1, 0.15) is 0 Å². The van der Waals surface area contributed by atoms with E-state index in [-0.39, 0.29) is 20.1 Å². The minimum atomic E-state index is -1.40. The third-order valence-electron chi connectivity index (χ3n) is 12.0. The third-order valence-corrected chi connectivity index (χ3v) is 15.2. The topological polar surface area (TPSA) is 49.6 Å². The summed E-state index contributed by atoms with van der Waals surface area (Å²) in [6.07, 6.45) is 16.9. The second-order valence-corrected chi connectivity index (χ2v) is 23.0. The zero-order valence-corrected chi connectivity index (χ0v) is 38.1. The molecule has 3 aromatic heterocycles. The summed E-state index contributed by atoms with van der Waals surface area (Å²) in [5.74, 6) is 0.834. The van der Waals surface area contributed by atoms with E-state index in [9.17, 15) is 0 Å². The largest absolute Gasteiger partial charge is 0.305 e. The van der Waals surface area contributed by atoms with Crippen LogP contribution in [0.15, 0.2) is 91.3 Å². The van der Waals surface area contributed by atoms with Gasteiger partial charge in [-0.05, 0) is 117 Å². The first-order chi connectivity index (χ1) is 27.2. The van der Waals surface area contributed by atoms with E-state index in [0.29, 0.717) is 5.56 Å². The van der Waals surface area contributed by atoms with Gasteiger partial charge in [0.15, 0.2) is 0 Å². The van der Waals surface area contributed by atoms with Gasteiger partial charge in [-0.3, -0.25) is 0 Å². The third kappa shape index (κ3) is 8.93. The fourth-order valence-corrected chi connectivity index (χ4v) is 11.5. The van der Waals surface area contributed by atoms with E-state index in [1.807, 2.05) is 29.7 Å². The SMILES string of the molecule is CCc1cc(-c2[c-]cc3sc4cc(-c5cccc6c5CCCC6)ccc4c3c2)ncc1C.C[Si](C)(C)c1cnc(-c2[c-]cc(C#N)cc2)cc1CC1CCCC1.[Ir]. The summed E-state index contributed by atoms with van der Waals surface area (Å²) >= 11 is 1.87. The average molecular weight is 958 g/mol. The van der Waals surface area contributed by atoms with Crippen LogP contribution in [0.3, 0.4) is 0 Å². The molecule has 57 heavy (non-hydrogen) atoms. The van der Waals surface area contributed by atoms with Gasteiger partial charge in [-0.25, -0.2) is 5.26 Å². The van der Waals surface area contributed by atoms with Crippen molar-refractivity contribution in [3.63, 3.8) is 0 Å². The van der Waals surface area contributed by atoms with Crippen molar-refractivity contribution in [2.75, 3.05) is 0 Å². The molecule has 0 bridgehead atoms. The van der Waals surface area contributed by atoms with Crippen molar-refractivity contribution in [2.45, 2.75) is 97.7 Å². The number of pyridine rings is 2. The van der Waals surface area contributed by atoms with Gasteiger partial charge in [0.2, 0.25) is 0 Å². The average Bonchev–Trinajstić information content (AvgIpc) is 3.88. The van der Waals surface area contributed by atoms with E-state index in [1.165, 1.54) is 111 Å². The maximum atomic E-state index is 8.95. The second-order valence-electron chi connectivity index (χ2n) is 16.9. The monoisotopic (exact) mass is 958 g/mol. The number of benzene rings is 4. The zero-order valence-electron chi connectivity index (χ0n) is 33.9. The molecule has 0 unspecified atom stereocenters. The normalized spacial score (nSPS) is 14.1. The van der Waals surface area contributed by atoms with Gasteiger partial charge in [-0.1, -0.05) is 111 Å². The number of nitrogens with zero attached hydrogens (tertiary/aromatic N) is 3. The van der Waals surface area contributed by atoms with Crippen molar-refractivity contribution in [3.8, 4) is 39.7 Å². The van der Waals surface area contributed by atoms with Crippen LogP contribution < -0.4 is 5.19 Å². The van der Waals surface area contributed by atoms with Crippen molar-refractivity contribution in [1.82, 2.24) is 9.97 Å². The molecule has 9 rings (SSSR count). The van der Waals surface area contributed by atoms with Gasteiger partial charge in [0.25, 0.3) is 0 Å². The first kappa shape index (κ1) is 40.9. The molecule has 0 saturated heterocycles. The van der Waals surface area contributed by atoms with E-state index in [0.717, 1.165) is 34.9 Å². The van der Waals surface area contributed by atoms with Crippen molar-refractivity contribution in [3.05, 3.63) is 137 Å². The quantitative estimate of drug-likeness (QED) is 0.118. The van der Waals surface area contributed by atoms with Crippen molar-refractivity contribution in [1.29, 1.82) is 5.26 Å². The fraction of sp³-hybridized carbons (Fsp3) is 0.314. The molecule has 0 atom stereocenters. The number of aryl methyl sites for hydroxylation is 3. The molecule has 0 spiro atoms. The molecule has 1 radical (unpaired) electrons. The molecular weight excluding hydrogens is 907 g/mol. The Kier molecular flexibility index (Phi) is 12.7. The number of thiophene rings is 1. The Bertz CT molecular complexity index is 2570. The Morgan fingerprint density at radius 3 is 2.30 bits per heavy atom. The Labute approximate surface area is 358 Å². The minimum Gasteiger partial charge on any atom is -0.305 e. The molecule has 2 aliphatic rings. The van der Waals surface area contributed by atoms with E-state index in [2.05, 4.69) is 119 Å². The first-order valence-electron chi connectivity index (χ1n) is 20.5. The molecular formula is C51H51IrN3SSi-2.